The Morgan fingerprint density at radius 3 is 2.56 bits per heavy atom. The highest BCUT2D eigenvalue weighted by molar-refractivity contribution is 5.94. The number of alkyl halides is 3. The fourth-order valence-corrected chi connectivity index (χ4v) is 6.13. The zero-order valence-electron chi connectivity index (χ0n) is 24.4. The first kappa shape index (κ1) is 30.6. The molecule has 1 saturated heterocycles. The molecule has 11 heteroatoms. The summed E-state index contributed by atoms with van der Waals surface area (Å²) in [6.07, 6.45) is -0.380. The van der Waals surface area contributed by atoms with Gasteiger partial charge in [0.15, 0.2) is 0 Å². The zero-order valence-corrected chi connectivity index (χ0v) is 24.4. The van der Waals surface area contributed by atoms with Crippen LogP contribution in [-0.4, -0.2) is 78.3 Å². The second-order valence-electron chi connectivity index (χ2n) is 11.4. The average Bonchev–Trinajstić information content (AvgIpc) is 3.33. The predicted octanol–water partition coefficient (Wildman–Crippen LogP) is 5.82. The fourth-order valence-electron chi connectivity index (χ4n) is 6.13. The molecule has 0 atom stereocenters. The second kappa shape index (κ2) is 12.8. The van der Waals surface area contributed by atoms with Crippen LogP contribution in [0.2, 0.25) is 0 Å². The number of hydrogen-bond donors (Lipinski definition) is 3. The molecule has 2 fully saturated rings. The lowest BCUT2D eigenvalue weighted by Gasteiger charge is -2.47. The van der Waals surface area contributed by atoms with Crippen LogP contribution in [0, 0.1) is 11.8 Å². The maximum atomic E-state index is 13.6. The minimum absolute atomic E-state index is 0.0777. The van der Waals surface area contributed by atoms with Gasteiger partial charge in [-0.3, -0.25) is 4.90 Å². The summed E-state index contributed by atoms with van der Waals surface area (Å²) >= 11 is 0. The van der Waals surface area contributed by atoms with Crippen molar-refractivity contribution in [2.24, 2.45) is 0 Å². The summed E-state index contributed by atoms with van der Waals surface area (Å²) in [4.78, 5) is 13.8. The van der Waals surface area contributed by atoms with Crippen molar-refractivity contribution in [3.8, 4) is 17.6 Å². The highest BCUT2D eigenvalue weighted by Crippen LogP contribution is 2.37. The third kappa shape index (κ3) is 7.20. The molecular weight excluding hydrogens is 561 g/mol. The molecule has 2 aliphatic rings. The van der Waals surface area contributed by atoms with E-state index >= 15 is 0 Å². The number of nitrogens with zero attached hydrogens (tertiary/aromatic N) is 2. The van der Waals surface area contributed by atoms with E-state index in [4.69, 9.17) is 9.47 Å². The Bertz CT molecular complexity index is 1510. The summed E-state index contributed by atoms with van der Waals surface area (Å²) in [6.45, 7) is 4.73. The number of carbonyl (C=O) groups is 1. The number of benzene rings is 2. The van der Waals surface area contributed by atoms with E-state index in [0.717, 1.165) is 57.7 Å². The quantitative estimate of drug-likeness (QED) is 0.282. The zero-order chi connectivity index (χ0) is 30.6. The number of carboxylic acid groups (broad SMARTS) is 1. The first-order valence-corrected chi connectivity index (χ1v) is 14.5. The smallest absolute Gasteiger partial charge is 0.406 e. The Morgan fingerprint density at radius 1 is 1.14 bits per heavy atom. The van der Waals surface area contributed by atoms with Gasteiger partial charge in [0.25, 0.3) is 0 Å². The van der Waals surface area contributed by atoms with E-state index in [2.05, 4.69) is 34.3 Å². The molecule has 0 amide bonds. The Hall–Kier alpha value is -3.88. The number of carboxylic acids is 1. The number of hydrogen-bond acceptors (Lipinski definition) is 6. The number of methoxy groups -OCH3 is 1. The van der Waals surface area contributed by atoms with E-state index in [-0.39, 0.29) is 29.4 Å². The van der Waals surface area contributed by atoms with Gasteiger partial charge in [0, 0.05) is 35.7 Å². The van der Waals surface area contributed by atoms with Crippen molar-refractivity contribution in [3.05, 3.63) is 53.7 Å². The molecule has 5 rings (SSSR count). The summed E-state index contributed by atoms with van der Waals surface area (Å²) in [5, 5.41) is 16.6. The molecule has 43 heavy (non-hydrogen) atoms. The molecule has 1 saturated carbocycles. The molecule has 2 aromatic carbocycles. The Kier molecular flexibility index (Phi) is 9.08. The van der Waals surface area contributed by atoms with E-state index in [1.807, 2.05) is 6.07 Å². The number of ether oxygens (including phenoxy) is 2. The van der Waals surface area contributed by atoms with Gasteiger partial charge in [-0.15, -0.1) is 0 Å². The van der Waals surface area contributed by atoms with Gasteiger partial charge in [0.05, 0.1) is 49.3 Å². The lowest BCUT2D eigenvalue weighted by molar-refractivity contribution is -0.140. The van der Waals surface area contributed by atoms with Gasteiger partial charge in [-0.25, -0.2) is 4.79 Å². The van der Waals surface area contributed by atoms with Crippen LogP contribution >= 0.6 is 0 Å². The Labute approximate surface area is 249 Å². The molecule has 8 nitrogen and oxygen atoms in total. The van der Waals surface area contributed by atoms with Crippen LogP contribution in [0.5, 0.6) is 5.75 Å². The van der Waals surface area contributed by atoms with Gasteiger partial charge in [-0.2, -0.15) is 13.2 Å². The second-order valence-corrected chi connectivity index (χ2v) is 11.4. The highest BCUT2D eigenvalue weighted by Gasteiger charge is 2.37. The van der Waals surface area contributed by atoms with Crippen molar-refractivity contribution in [1.29, 1.82) is 0 Å². The number of morpholine rings is 1. The summed E-state index contributed by atoms with van der Waals surface area (Å²) in [5.74, 6) is 5.08. The first-order valence-electron chi connectivity index (χ1n) is 14.5. The van der Waals surface area contributed by atoms with Gasteiger partial charge < -0.3 is 29.8 Å². The van der Waals surface area contributed by atoms with Crippen molar-refractivity contribution >= 4 is 28.2 Å². The van der Waals surface area contributed by atoms with Crippen LogP contribution < -0.4 is 15.4 Å². The molecule has 230 valence electrons. The van der Waals surface area contributed by atoms with Crippen LogP contribution in [0.1, 0.15) is 48.7 Å². The number of anilines is 2. The number of nitrogens with one attached hydrogen (secondary N) is 2. The van der Waals surface area contributed by atoms with E-state index in [9.17, 15) is 23.1 Å². The molecule has 2 heterocycles. The van der Waals surface area contributed by atoms with E-state index in [1.165, 1.54) is 23.8 Å². The standard InChI is InChI=1S/C32H37F3N4O4/c1-31(38-15-17-43-18-16-38)12-10-23(11-13-31)37-26-6-3-7-28-25(26)20-24(39(28)21-32(33,34)35)5-4-14-36-27-9-8-22(30(40)41)19-29(27)42-2/h3,6-9,19-20,23,36-37H,10-18,21H2,1-2H3,(H,40,41). The molecule has 1 aliphatic carbocycles. The summed E-state index contributed by atoms with van der Waals surface area (Å²) in [6, 6.07) is 11.7. The van der Waals surface area contributed by atoms with E-state index in [1.54, 1.807) is 24.3 Å². The molecule has 1 aliphatic heterocycles. The van der Waals surface area contributed by atoms with Crippen molar-refractivity contribution in [3.63, 3.8) is 0 Å². The summed E-state index contributed by atoms with van der Waals surface area (Å²) in [5.41, 5.74) is 2.29. The Morgan fingerprint density at radius 2 is 1.88 bits per heavy atom. The third-order valence-corrected chi connectivity index (χ3v) is 8.51. The third-order valence-electron chi connectivity index (χ3n) is 8.51. The van der Waals surface area contributed by atoms with Crippen molar-refractivity contribution in [2.75, 3.05) is 50.6 Å². The molecular formula is C32H37F3N4O4. The molecule has 3 N–H and O–H groups in total. The number of aromatic carboxylic acids is 1. The van der Waals surface area contributed by atoms with Crippen LogP contribution in [-0.2, 0) is 11.3 Å². The van der Waals surface area contributed by atoms with Gasteiger partial charge in [0.1, 0.15) is 12.3 Å². The van der Waals surface area contributed by atoms with Crippen LogP contribution in [0.15, 0.2) is 42.5 Å². The van der Waals surface area contributed by atoms with Gasteiger partial charge in [0.2, 0.25) is 0 Å². The minimum atomic E-state index is -4.42. The molecule has 3 aromatic rings. The molecule has 1 aromatic heterocycles. The summed E-state index contributed by atoms with van der Waals surface area (Å²) in [7, 11) is 1.43. The Balaban J connectivity index is 1.33. The normalized spacial score (nSPS) is 21.2. The van der Waals surface area contributed by atoms with Crippen LogP contribution in [0.25, 0.3) is 10.9 Å². The van der Waals surface area contributed by atoms with Crippen molar-refractivity contribution in [2.45, 2.75) is 56.9 Å². The molecule has 0 spiro atoms. The number of fused-ring (bicyclic) bond motifs is 1. The topological polar surface area (TPSA) is 88.0 Å². The van der Waals surface area contributed by atoms with Crippen molar-refractivity contribution in [1.82, 2.24) is 9.47 Å². The first-order chi connectivity index (χ1) is 20.6. The number of halogens is 3. The lowest BCUT2D eigenvalue weighted by Crippen LogP contribution is -2.54. The minimum Gasteiger partial charge on any atom is -0.495 e. The number of aromatic nitrogens is 1. The fraction of sp³-hybridized carbons (Fsp3) is 0.469. The predicted molar refractivity (Wildman–Crippen MR) is 160 cm³/mol. The number of rotatable bonds is 8. The summed E-state index contributed by atoms with van der Waals surface area (Å²) < 4.78 is 52.9. The average molecular weight is 599 g/mol. The van der Waals surface area contributed by atoms with Crippen LogP contribution in [0.3, 0.4) is 0 Å². The lowest BCUT2D eigenvalue weighted by atomic mass is 9.79. The largest absolute Gasteiger partial charge is 0.495 e. The molecule has 0 unspecified atom stereocenters. The SMILES string of the molecule is COc1cc(C(=O)O)ccc1NCC#Cc1cc2c(NC3CCC(C)(N4CCOCC4)CC3)cccc2n1CC(F)(F)F. The molecule has 0 bridgehead atoms. The van der Waals surface area contributed by atoms with Gasteiger partial charge in [-0.1, -0.05) is 12.0 Å². The maximum absolute atomic E-state index is 13.6. The van der Waals surface area contributed by atoms with E-state index < -0.39 is 18.7 Å². The maximum Gasteiger partial charge on any atom is 0.406 e. The van der Waals surface area contributed by atoms with Crippen molar-refractivity contribution < 1.29 is 32.5 Å². The highest BCUT2D eigenvalue weighted by atomic mass is 19.4. The van der Waals surface area contributed by atoms with Gasteiger partial charge in [-0.05, 0) is 74.9 Å². The van der Waals surface area contributed by atoms with E-state index in [0.29, 0.717) is 22.3 Å². The monoisotopic (exact) mass is 598 g/mol. The van der Waals surface area contributed by atoms with Crippen LogP contribution in [0.4, 0.5) is 24.5 Å². The van der Waals surface area contributed by atoms with Gasteiger partial charge >= 0.3 is 12.1 Å². The molecule has 0 radical (unpaired) electrons.